The number of nitrogens with zero attached hydrogens (tertiary/aromatic N) is 2. The summed E-state index contributed by atoms with van der Waals surface area (Å²) in [6.07, 6.45) is -4.43. The Bertz CT molecular complexity index is 1000. The zero-order valence-corrected chi connectivity index (χ0v) is 15.1. The number of halogens is 3. The van der Waals surface area contributed by atoms with Gasteiger partial charge in [0.15, 0.2) is 0 Å². The van der Waals surface area contributed by atoms with Gasteiger partial charge in [-0.05, 0) is 49.7 Å². The monoisotopic (exact) mass is 386 g/mol. The molecule has 1 amide bonds. The lowest BCUT2D eigenvalue weighted by Crippen LogP contribution is -2.15. The number of nitrogens with one attached hydrogen (secondary N) is 2. The number of hydrogen-bond acceptors (Lipinski definition) is 4. The van der Waals surface area contributed by atoms with Crippen molar-refractivity contribution in [1.82, 2.24) is 9.97 Å². The van der Waals surface area contributed by atoms with Gasteiger partial charge in [0.25, 0.3) is 5.91 Å². The number of hydrogen-bond donors (Lipinski definition) is 2. The number of aromatic nitrogens is 2. The third kappa shape index (κ3) is 4.64. The lowest BCUT2D eigenvalue weighted by molar-refractivity contribution is -0.137. The minimum atomic E-state index is -4.43. The van der Waals surface area contributed by atoms with Crippen LogP contribution in [0.4, 0.5) is 30.4 Å². The fourth-order valence-corrected chi connectivity index (χ4v) is 2.54. The van der Waals surface area contributed by atoms with E-state index in [0.29, 0.717) is 11.6 Å². The smallest absolute Gasteiger partial charge is 0.340 e. The average molecular weight is 386 g/mol. The number of carbonyl (C=O) groups is 1. The fourth-order valence-electron chi connectivity index (χ4n) is 2.54. The second-order valence-corrected chi connectivity index (χ2v) is 6.15. The Kier molecular flexibility index (Phi) is 5.30. The minimum absolute atomic E-state index is 0.100. The highest BCUT2D eigenvalue weighted by Gasteiger charge is 2.30. The first kappa shape index (κ1) is 19.3. The number of carbonyl (C=O) groups excluding carboxylic acids is 1. The molecule has 3 aromatic rings. The normalized spacial score (nSPS) is 11.2. The molecule has 0 aliphatic carbocycles. The van der Waals surface area contributed by atoms with Gasteiger partial charge in [0, 0.05) is 17.4 Å². The Morgan fingerprint density at radius 1 is 0.964 bits per heavy atom. The molecule has 1 heterocycles. The van der Waals surface area contributed by atoms with Gasteiger partial charge < -0.3 is 10.6 Å². The van der Waals surface area contributed by atoms with Gasteiger partial charge in [-0.15, -0.1) is 0 Å². The molecule has 0 spiro atoms. The van der Waals surface area contributed by atoms with Gasteiger partial charge >= 0.3 is 6.18 Å². The van der Waals surface area contributed by atoms with Crippen molar-refractivity contribution in [2.24, 2.45) is 0 Å². The third-order valence-corrected chi connectivity index (χ3v) is 3.95. The maximum atomic E-state index is 12.6. The first-order chi connectivity index (χ1) is 13.2. The van der Waals surface area contributed by atoms with Crippen LogP contribution in [-0.2, 0) is 6.18 Å². The molecule has 3 rings (SSSR count). The van der Waals surface area contributed by atoms with Crippen molar-refractivity contribution in [3.05, 3.63) is 77.2 Å². The van der Waals surface area contributed by atoms with E-state index >= 15 is 0 Å². The standard InChI is InChI=1S/C20H17F3N4O/c1-12-5-3-4-6-16(12)27-18-11-17(24-13(2)25-18)19(28)26-15-9-7-14(8-10-15)20(21,22)23/h3-11H,1-2H3,(H,26,28)(H,24,25,27). The molecule has 0 atom stereocenters. The number of amides is 1. The molecule has 5 nitrogen and oxygen atoms in total. The number of para-hydroxylation sites is 1. The topological polar surface area (TPSA) is 66.9 Å². The molecule has 2 aromatic carbocycles. The lowest BCUT2D eigenvalue weighted by atomic mass is 10.2. The van der Waals surface area contributed by atoms with Crippen LogP contribution in [0.25, 0.3) is 0 Å². The zero-order valence-electron chi connectivity index (χ0n) is 15.1. The summed E-state index contributed by atoms with van der Waals surface area (Å²) >= 11 is 0. The molecule has 0 fully saturated rings. The van der Waals surface area contributed by atoms with Crippen LogP contribution < -0.4 is 10.6 Å². The third-order valence-electron chi connectivity index (χ3n) is 3.95. The molecule has 2 N–H and O–H groups in total. The van der Waals surface area contributed by atoms with E-state index in [0.717, 1.165) is 23.4 Å². The van der Waals surface area contributed by atoms with Gasteiger partial charge in [-0.25, -0.2) is 9.97 Å². The quantitative estimate of drug-likeness (QED) is 0.654. The van der Waals surface area contributed by atoms with E-state index < -0.39 is 17.6 Å². The fraction of sp³-hybridized carbons (Fsp3) is 0.150. The first-order valence-corrected chi connectivity index (χ1v) is 8.39. The number of alkyl halides is 3. The summed E-state index contributed by atoms with van der Waals surface area (Å²) in [5.74, 6) is 0.286. The Morgan fingerprint density at radius 2 is 1.64 bits per heavy atom. The molecule has 28 heavy (non-hydrogen) atoms. The van der Waals surface area contributed by atoms with Gasteiger partial charge in [0.2, 0.25) is 0 Å². The molecule has 0 aliphatic heterocycles. The molecular formula is C20H17F3N4O. The molecule has 144 valence electrons. The van der Waals surface area contributed by atoms with Gasteiger partial charge in [0.05, 0.1) is 5.56 Å². The molecular weight excluding hydrogens is 369 g/mol. The highest BCUT2D eigenvalue weighted by Crippen LogP contribution is 2.30. The van der Waals surface area contributed by atoms with Crippen molar-refractivity contribution in [3.63, 3.8) is 0 Å². The predicted octanol–water partition coefficient (Wildman–Crippen LogP) is 5.11. The van der Waals surface area contributed by atoms with E-state index in [1.54, 1.807) is 6.92 Å². The Labute approximate surface area is 159 Å². The van der Waals surface area contributed by atoms with Crippen LogP contribution in [0.2, 0.25) is 0 Å². The average Bonchev–Trinajstić information content (AvgIpc) is 2.63. The van der Waals surface area contributed by atoms with Gasteiger partial charge in [0.1, 0.15) is 17.3 Å². The van der Waals surface area contributed by atoms with Crippen molar-refractivity contribution in [2.45, 2.75) is 20.0 Å². The summed E-state index contributed by atoms with van der Waals surface area (Å²) in [7, 11) is 0. The van der Waals surface area contributed by atoms with Crippen molar-refractivity contribution in [1.29, 1.82) is 0 Å². The highest BCUT2D eigenvalue weighted by atomic mass is 19.4. The maximum absolute atomic E-state index is 12.6. The zero-order chi connectivity index (χ0) is 20.3. The summed E-state index contributed by atoms with van der Waals surface area (Å²) in [4.78, 5) is 20.8. The molecule has 1 aromatic heterocycles. The Hall–Kier alpha value is -3.42. The maximum Gasteiger partial charge on any atom is 0.416 e. The van der Waals surface area contributed by atoms with Crippen molar-refractivity contribution < 1.29 is 18.0 Å². The second-order valence-electron chi connectivity index (χ2n) is 6.15. The summed E-state index contributed by atoms with van der Waals surface area (Å²) < 4.78 is 37.9. The molecule has 0 radical (unpaired) electrons. The second kappa shape index (κ2) is 7.67. The molecule has 0 aliphatic rings. The highest BCUT2D eigenvalue weighted by molar-refractivity contribution is 6.03. The number of benzene rings is 2. The minimum Gasteiger partial charge on any atom is -0.340 e. The molecule has 0 saturated carbocycles. The van der Waals surface area contributed by atoms with Crippen molar-refractivity contribution in [3.8, 4) is 0 Å². The molecule has 0 unspecified atom stereocenters. The van der Waals surface area contributed by atoms with Crippen LogP contribution in [0, 0.1) is 13.8 Å². The number of rotatable bonds is 4. The Morgan fingerprint density at radius 3 is 2.29 bits per heavy atom. The van der Waals surface area contributed by atoms with Crippen LogP contribution in [0.15, 0.2) is 54.6 Å². The van der Waals surface area contributed by atoms with Crippen LogP contribution in [-0.4, -0.2) is 15.9 Å². The Balaban J connectivity index is 1.78. The predicted molar refractivity (Wildman–Crippen MR) is 101 cm³/mol. The molecule has 0 saturated heterocycles. The van der Waals surface area contributed by atoms with Crippen LogP contribution in [0.3, 0.4) is 0 Å². The van der Waals surface area contributed by atoms with Gasteiger partial charge in [-0.1, -0.05) is 18.2 Å². The number of anilines is 3. The van der Waals surface area contributed by atoms with E-state index in [9.17, 15) is 18.0 Å². The summed E-state index contributed by atoms with van der Waals surface area (Å²) in [6, 6.07) is 13.3. The van der Waals surface area contributed by atoms with Gasteiger partial charge in [-0.2, -0.15) is 13.2 Å². The summed E-state index contributed by atoms with van der Waals surface area (Å²) in [6.45, 7) is 3.59. The van der Waals surface area contributed by atoms with Crippen LogP contribution in [0.1, 0.15) is 27.4 Å². The van der Waals surface area contributed by atoms with E-state index in [2.05, 4.69) is 20.6 Å². The first-order valence-electron chi connectivity index (χ1n) is 8.39. The van der Waals surface area contributed by atoms with Crippen LogP contribution >= 0.6 is 0 Å². The van der Waals surface area contributed by atoms with E-state index in [4.69, 9.17) is 0 Å². The van der Waals surface area contributed by atoms with Crippen LogP contribution in [0.5, 0.6) is 0 Å². The number of aryl methyl sites for hydroxylation is 2. The van der Waals surface area contributed by atoms with Crippen molar-refractivity contribution >= 4 is 23.1 Å². The summed E-state index contributed by atoms with van der Waals surface area (Å²) in [5, 5.41) is 5.68. The summed E-state index contributed by atoms with van der Waals surface area (Å²) in [5.41, 5.74) is 1.41. The van der Waals surface area contributed by atoms with Crippen molar-refractivity contribution in [2.75, 3.05) is 10.6 Å². The van der Waals surface area contributed by atoms with E-state index in [1.807, 2.05) is 31.2 Å². The lowest BCUT2D eigenvalue weighted by Gasteiger charge is -2.11. The van der Waals surface area contributed by atoms with Gasteiger partial charge in [-0.3, -0.25) is 4.79 Å². The largest absolute Gasteiger partial charge is 0.416 e. The van der Waals surface area contributed by atoms with E-state index in [1.165, 1.54) is 18.2 Å². The van der Waals surface area contributed by atoms with E-state index in [-0.39, 0.29) is 11.4 Å². The molecule has 0 bridgehead atoms. The molecule has 8 heteroatoms. The SMILES string of the molecule is Cc1nc(Nc2ccccc2C)cc(C(=O)Nc2ccc(C(F)(F)F)cc2)n1.